The predicted molar refractivity (Wildman–Crippen MR) is 62.1 cm³/mol. The van der Waals surface area contributed by atoms with Crippen LogP contribution < -0.4 is 0 Å². The minimum Gasteiger partial charge on any atom is -0.278 e. The van der Waals surface area contributed by atoms with Crippen molar-refractivity contribution in [2.45, 2.75) is 52.9 Å². The fraction of sp³-hybridized carbons (Fsp3) is 0.846. The number of carbonyl (C=O) groups is 2. The standard InChI is InChI=1S/C13H21NO3/c1-12(2,3)9-4-6-13(7-5-9)8-10(15)14(17)11(13)16/h9,17H,4-8H2,1-3H3. The van der Waals surface area contributed by atoms with Gasteiger partial charge in [-0.05, 0) is 37.0 Å². The molecule has 0 aromatic carbocycles. The molecule has 2 amide bonds. The monoisotopic (exact) mass is 239 g/mol. The van der Waals surface area contributed by atoms with Crippen molar-refractivity contribution in [1.29, 1.82) is 0 Å². The average Bonchev–Trinajstić information content (AvgIpc) is 2.43. The third-order valence-corrected chi connectivity index (χ3v) is 4.54. The summed E-state index contributed by atoms with van der Waals surface area (Å²) in [4.78, 5) is 23.3. The second-order valence-electron chi connectivity index (χ2n) is 6.61. The Morgan fingerprint density at radius 3 is 2.12 bits per heavy atom. The van der Waals surface area contributed by atoms with Crippen molar-refractivity contribution in [2.24, 2.45) is 16.7 Å². The quantitative estimate of drug-likeness (QED) is 0.521. The maximum absolute atomic E-state index is 11.9. The van der Waals surface area contributed by atoms with Crippen LogP contribution in [0.2, 0.25) is 0 Å². The van der Waals surface area contributed by atoms with Gasteiger partial charge in [-0.2, -0.15) is 5.06 Å². The Kier molecular flexibility index (Phi) is 2.81. The Morgan fingerprint density at radius 2 is 1.76 bits per heavy atom. The summed E-state index contributed by atoms with van der Waals surface area (Å²) in [6, 6.07) is 0. The highest BCUT2D eigenvalue weighted by molar-refractivity contribution is 6.04. The van der Waals surface area contributed by atoms with E-state index in [0.717, 1.165) is 25.7 Å². The van der Waals surface area contributed by atoms with E-state index in [1.807, 2.05) is 0 Å². The van der Waals surface area contributed by atoms with Crippen molar-refractivity contribution in [1.82, 2.24) is 5.06 Å². The van der Waals surface area contributed by atoms with E-state index in [-0.39, 0.29) is 17.7 Å². The smallest absolute Gasteiger partial charge is 0.260 e. The van der Waals surface area contributed by atoms with E-state index in [4.69, 9.17) is 0 Å². The van der Waals surface area contributed by atoms with Gasteiger partial charge in [0.25, 0.3) is 11.8 Å². The van der Waals surface area contributed by atoms with Crippen LogP contribution in [-0.2, 0) is 9.59 Å². The van der Waals surface area contributed by atoms with Crippen LogP contribution in [0.15, 0.2) is 0 Å². The number of hydrogen-bond acceptors (Lipinski definition) is 3. The molecule has 1 aliphatic carbocycles. The van der Waals surface area contributed by atoms with E-state index >= 15 is 0 Å². The molecule has 2 rings (SSSR count). The Morgan fingerprint density at radius 1 is 1.24 bits per heavy atom. The number of amides is 2. The zero-order valence-corrected chi connectivity index (χ0v) is 10.8. The van der Waals surface area contributed by atoms with Gasteiger partial charge in [0.15, 0.2) is 0 Å². The van der Waals surface area contributed by atoms with Crippen molar-refractivity contribution in [3.8, 4) is 0 Å². The topological polar surface area (TPSA) is 57.6 Å². The first-order chi connectivity index (χ1) is 7.76. The maximum atomic E-state index is 11.9. The van der Waals surface area contributed by atoms with Crippen LogP contribution in [0.3, 0.4) is 0 Å². The number of carbonyl (C=O) groups excluding carboxylic acids is 2. The highest BCUT2D eigenvalue weighted by Crippen LogP contribution is 2.50. The predicted octanol–water partition coefficient (Wildman–Crippen LogP) is 2.36. The summed E-state index contributed by atoms with van der Waals surface area (Å²) < 4.78 is 0. The lowest BCUT2D eigenvalue weighted by Crippen LogP contribution is -2.38. The van der Waals surface area contributed by atoms with Crippen molar-refractivity contribution in [3.63, 3.8) is 0 Å². The Hall–Kier alpha value is -0.900. The number of hydrogen-bond donors (Lipinski definition) is 1. The summed E-state index contributed by atoms with van der Waals surface area (Å²) in [5, 5.41) is 9.67. The molecule has 2 aliphatic rings. The lowest BCUT2D eigenvalue weighted by molar-refractivity contribution is -0.175. The van der Waals surface area contributed by atoms with Crippen LogP contribution in [0.25, 0.3) is 0 Å². The van der Waals surface area contributed by atoms with Gasteiger partial charge in [0.1, 0.15) is 0 Å². The second-order valence-corrected chi connectivity index (χ2v) is 6.61. The fourth-order valence-electron chi connectivity index (χ4n) is 3.20. The molecule has 96 valence electrons. The Labute approximate surface area is 102 Å². The van der Waals surface area contributed by atoms with Gasteiger partial charge in [-0.25, -0.2) is 0 Å². The minimum atomic E-state index is -0.590. The van der Waals surface area contributed by atoms with Gasteiger partial charge >= 0.3 is 0 Å². The van der Waals surface area contributed by atoms with Crippen molar-refractivity contribution in [3.05, 3.63) is 0 Å². The Bertz CT molecular complexity index is 348. The second kappa shape index (κ2) is 3.80. The van der Waals surface area contributed by atoms with Gasteiger partial charge in [0.05, 0.1) is 5.41 Å². The first kappa shape index (κ1) is 12.6. The summed E-state index contributed by atoms with van der Waals surface area (Å²) in [5.74, 6) is -0.220. The van der Waals surface area contributed by atoms with E-state index < -0.39 is 11.3 Å². The molecule has 0 aromatic rings. The highest BCUT2D eigenvalue weighted by atomic mass is 16.5. The van der Waals surface area contributed by atoms with Crippen molar-refractivity contribution >= 4 is 11.8 Å². The summed E-state index contributed by atoms with van der Waals surface area (Å²) in [7, 11) is 0. The van der Waals surface area contributed by atoms with E-state index in [1.54, 1.807) is 0 Å². The van der Waals surface area contributed by atoms with Crippen LogP contribution >= 0.6 is 0 Å². The molecule has 2 fully saturated rings. The lowest BCUT2D eigenvalue weighted by Gasteiger charge is -2.40. The number of nitrogens with zero attached hydrogens (tertiary/aromatic N) is 1. The first-order valence-electron chi connectivity index (χ1n) is 6.32. The maximum Gasteiger partial charge on any atom is 0.260 e. The van der Waals surface area contributed by atoms with Gasteiger partial charge in [-0.15, -0.1) is 0 Å². The third-order valence-electron chi connectivity index (χ3n) is 4.54. The molecule has 1 heterocycles. The molecule has 17 heavy (non-hydrogen) atoms. The molecule has 1 saturated heterocycles. The van der Waals surface area contributed by atoms with E-state index in [2.05, 4.69) is 20.8 Å². The van der Waals surface area contributed by atoms with Crippen molar-refractivity contribution < 1.29 is 14.8 Å². The zero-order chi connectivity index (χ0) is 12.8. The molecular formula is C13H21NO3. The lowest BCUT2D eigenvalue weighted by atomic mass is 9.63. The van der Waals surface area contributed by atoms with Gasteiger partial charge in [0, 0.05) is 6.42 Å². The number of hydroxylamine groups is 2. The number of rotatable bonds is 0. The molecule has 1 aliphatic heterocycles. The van der Waals surface area contributed by atoms with Gasteiger partial charge < -0.3 is 0 Å². The molecule has 0 atom stereocenters. The Balaban J connectivity index is 2.09. The minimum absolute atomic E-state index is 0.194. The van der Waals surface area contributed by atoms with Crippen LogP contribution in [-0.4, -0.2) is 22.1 Å². The molecular weight excluding hydrogens is 218 g/mol. The van der Waals surface area contributed by atoms with E-state index in [1.165, 1.54) is 0 Å². The summed E-state index contributed by atoms with van der Waals surface area (Å²) in [6.07, 6.45) is 3.60. The SMILES string of the molecule is CC(C)(C)C1CCC2(CC1)CC(=O)N(O)C2=O. The molecule has 1 N–H and O–H groups in total. The van der Waals surface area contributed by atoms with Crippen LogP contribution in [0.1, 0.15) is 52.9 Å². The summed E-state index contributed by atoms with van der Waals surface area (Å²) in [5.41, 5.74) is -0.334. The highest BCUT2D eigenvalue weighted by Gasteiger charge is 2.53. The van der Waals surface area contributed by atoms with Crippen LogP contribution in [0.4, 0.5) is 0 Å². The molecule has 1 spiro atoms. The van der Waals surface area contributed by atoms with Gasteiger partial charge in [0.2, 0.25) is 0 Å². The van der Waals surface area contributed by atoms with Gasteiger partial charge in [-0.1, -0.05) is 20.8 Å². The molecule has 4 heteroatoms. The molecule has 0 bridgehead atoms. The first-order valence-corrected chi connectivity index (χ1v) is 6.32. The molecule has 4 nitrogen and oxygen atoms in total. The largest absolute Gasteiger partial charge is 0.278 e. The molecule has 0 unspecified atom stereocenters. The van der Waals surface area contributed by atoms with Crippen LogP contribution in [0, 0.1) is 16.7 Å². The third kappa shape index (κ3) is 1.99. The number of imide groups is 1. The van der Waals surface area contributed by atoms with Crippen molar-refractivity contribution in [2.75, 3.05) is 0 Å². The molecule has 0 aromatic heterocycles. The van der Waals surface area contributed by atoms with Gasteiger partial charge in [-0.3, -0.25) is 14.8 Å². The van der Waals surface area contributed by atoms with E-state index in [0.29, 0.717) is 11.0 Å². The van der Waals surface area contributed by atoms with Crippen LogP contribution in [0.5, 0.6) is 0 Å². The molecule has 1 saturated carbocycles. The summed E-state index contributed by atoms with van der Waals surface area (Å²) in [6.45, 7) is 6.65. The fourth-order valence-corrected chi connectivity index (χ4v) is 3.20. The normalized spacial score (nSPS) is 34.8. The van der Waals surface area contributed by atoms with E-state index in [9.17, 15) is 14.8 Å². The zero-order valence-electron chi connectivity index (χ0n) is 10.8. The molecule has 0 radical (unpaired) electrons. The average molecular weight is 239 g/mol. The summed E-state index contributed by atoms with van der Waals surface area (Å²) >= 11 is 0.